The number of nitrogens with zero attached hydrogens (tertiary/aromatic N) is 2. The van der Waals surface area contributed by atoms with Crippen LogP contribution in [0.1, 0.15) is 43.1 Å². The second-order valence-corrected chi connectivity index (χ2v) is 9.80. The van der Waals surface area contributed by atoms with Gasteiger partial charge in [0.2, 0.25) is 5.88 Å². The first kappa shape index (κ1) is 21.4. The van der Waals surface area contributed by atoms with Gasteiger partial charge in [-0.15, -0.1) is 0 Å². The maximum absolute atomic E-state index is 10.7. The van der Waals surface area contributed by atoms with Crippen molar-refractivity contribution in [1.29, 1.82) is 0 Å². The summed E-state index contributed by atoms with van der Waals surface area (Å²) >= 11 is 0. The summed E-state index contributed by atoms with van der Waals surface area (Å²) in [5.74, 6) is 1.78. The van der Waals surface area contributed by atoms with Crippen LogP contribution in [0.4, 0.5) is 0 Å². The van der Waals surface area contributed by atoms with Gasteiger partial charge >= 0.3 is 0 Å². The van der Waals surface area contributed by atoms with E-state index in [9.17, 15) is 10.2 Å². The molecule has 0 aliphatic heterocycles. The summed E-state index contributed by atoms with van der Waals surface area (Å²) in [4.78, 5) is 9.47. The van der Waals surface area contributed by atoms with Crippen molar-refractivity contribution in [1.82, 2.24) is 9.97 Å². The number of hydrogen-bond donors (Lipinski definition) is 2. The van der Waals surface area contributed by atoms with Gasteiger partial charge in [0.15, 0.2) is 0 Å². The lowest BCUT2D eigenvalue weighted by atomic mass is 9.63. The number of hydrogen-bond acceptors (Lipinski definition) is 5. The molecule has 6 rings (SSSR count). The third-order valence-corrected chi connectivity index (χ3v) is 7.96. The number of fused-ring (bicyclic) bond motifs is 4. The smallest absolute Gasteiger partial charge is 0.216 e. The van der Waals surface area contributed by atoms with E-state index in [1.807, 2.05) is 6.07 Å². The Bertz CT molecular complexity index is 1220. The van der Waals surface area contributed by atoms with Crippen LogP contribution in [-0.4, -0.2) is 33.4 Å². The van der Waals surface area contributed by atoms with Crippen LogP contribution in [0.25, 0.3) is 5.57 Å². The van der Waals surface area contributed by atoms with Gasteiger partial charge in [0, 0.05) is 23.8 Å². The number of ether oxygens (including phenoxy) is 1. The molecule has 34 heavy (non-hydrogen) atoms. The molecule has 0 fully saturated rings. The van der Waals surface area contributed by atoms with Gasteiger partial charge in [-0.3, -0.25) is 0 Å². The fourth-order valence-corrected chi connectivity index (χ4v) is 6.27. The highest BCUT2D eigenvalue weighted by Gasteiger charge is 2.39. The fraction of sp³-hybridized carbons (Fsp3) is 0.379. The molecule has 5 aliphatic rings. The molecule has 5 aliphatic carbocycles. The van der Waals surface area contributed by atoms with Crippen LogP contribution < -0.4 is 4.74 Å². The van der Waals surface area contributed by atoms with Crippen molar-refractivity contribution in [2.45, 2.75) is 37.7 Å². The number of aliphatic hydroxyl groups is 2. The van der Waals surface area contributed by atoms with Crippen molar-refractivity contribution in [3.05, 3.63) is 95.3 Å². The molecule has 0 bridgehead atoms. The van der Waals surface area contributed by atoms with E-state index < -0.39 is 12.0 Å². The minimum atomic E-state index is -0.719. The predicted molar refractivity (Wildman–Crippen MR) is 132 cm³/mol. The normalized spacial score (nSPS) is 33.6. The molecule has 0 radical (unpaired) electrons. The minimum absolute atomic E-state index is 0.133. The number of aromatic nitrogens is 2. The Balaban J connectivity index is 1.49. The van der Waals surface area contributed by atoms with Crippen LogP contribution in [-0.2, 0) is 0 Å². The molecule has 0 spiro atoms. The Labute approximate surface area is 200 Å². The van der Waals surface area contributed by atoms with Gasteiger partial charge in [-0.05, 0) is 48.8 Å². The topological polar surface area (TPSA) is 75.5 Å². The number of allylic oxidation sites excluding steroid dienone is 13. The average Bonchev–Trinajstić information content (AvgIpc) is 2.87. The largest absolute Gasteiger partial charge is 0.512 e. The molecule has 0 amide bonds. The summed E-state index contributed by atoms with van der Waals surface area (Å²) < 4.78 is 5.55. The number of aliphatic hydroxyl groups excluding tert-OH is 2. The highest BCUT2D eigenvalue weighted by Crippen LogP contribution is 2.51. The van der Waals surface area contributed by atoms with Crippen LogP contribution in [0.15, 0.2) is 83.7 Å². The van der Waals surface area contributed by atoms with Gasteiger partial charge in [0.05, 0.1) is 18.9 Å². The summed E-state index contributed by atoms with van der Waals surface area (Å²) in [6.07, 6.45) is 24.8. The molecule has 5 heteroatoms. The lowest BCUT2D eigenvalue weighted by Crippen LogP contribution is -2.30. The molecule has 174 valence electrons. The van der Waals surface area contributed by atoms with Crippen LogP contribution >= 0.6 is 0 Å². The Hall–Kier alpha value is -3.18. The molecule has 0 aromatic carbocycles. The van der Waals surface area contributed by atoms with E-state index in [0.717, 1.165) is 17.7 Å². The van der Waals surface area contributed by atoms with Crippen molar-refractivity contribution in [3.63, 3.8) is 0 Å². The molecule has 5 nitrogen and oxygen atoms in total. The molecular weight excluding hydrogens is 424 g/mol. The van der Waals surface area contributed by atoms with Gasteiger partial charge in [-0.1, -0.05) is 60.3 Å². The van der Waals surface area contributed by atoms with Gasteiger partial charge in [-0.2, -0.15) is 4.98 Å². The Kier molecular flexibility index (Phi) is 5.37. The molecule has 6 atom stereocenters. The Morgan fingerprint density at radius 1 is 0.941 bits per heavy atom. The third-order valence-electron chi connectivity index (χ3n) is 7.96. The van der Waals surface area contributed by atoms with E-state index in [0.29, 0.717) is 42.3 Å². The lowest BCUT2D eigenvalue weighted by molar-refractivity contribution is 0.114. The predicted octanol–water partition coefficient (Wildman–Crippen LogP) is 5.37. The van der Waals surface area contributed by atoms with E-state index in [4.69, 9.17) is 9.72 Å². The van der Waals surface area contributed by atoms with Crippen molar-refractivity contribution in [2.75, 3.05) is 7.11 Å². The molecule has 2 N–H and O–H groups in total. The van der Waals surface area contributed by atoms with Gasteiger partial charge in [0.1, 0.15) is 17.5 Å². The zero-order valence-corrected chi connectivity index (χ0v) is 19.3. The maximum Gasteiger partial charge on any atom is 0.216 e. The molecule has 0 saturated carbocycles. The zero-order valence-electron chi connectivity index (χ0n) is 19.3. The maximum atomic E-state index is 10.7. The van der Waals surface area contributed by atoms with E-state index >= 15 is 0 Å². The van der Waals surface area contributed by atoms with Gasteiger partial charge in [0.25, 0.3) is 0 Å². The second-order valence-electron chi connectivity index (χ2n) is 9.80. The first-order valence-corrected chi connectivity index (χ1v) is 12.3. The van der Waals surface area contributed by atoms with E-state index in [2.05, 4.69) is 59.7 Å². The summed E-state index contributed by atoms with van der Waals surface area (Å²) in [6.45, 7) is 0. The Morgan fingerprint density at radius 3 is 2.50 bits per heavy atom. The average molecular weight is 455 g/mol. The second kappa shape index (κ2) is 8.55. The van der Waals surface area contributed by atoms with Crippen molar-refractivity contribution >= 4 is 5.57 Å². The fourth-order valence-electron chi connectivity index (χ4n) is 6.27. The van der Waals surface area contributed by atoms with Gasteiger partial charge in [-0.25, -0.2) is 4.98 Å². The number of rotatable bonds is 3. The molecule has 6 unspecified atom stereocenters. The minimum Gasteiger partial charge on any atom is -0.512 e. The summed E-state index contributed by atoms with van der Waals surface area (Å²) in [7, 11) is 1.59. The quantitative estimate of drug-likeness (QED) is 0.642. The van der Waals surface area contributed by atoms with Gasteiger partial charge < -0.3 is 14.9 Å². The first-order chi connectivity index (χ1) is 16.6. The zero-order chi connectivity index (χ0) is 23.2. The van der Waals surface area contributed by atoms with Crippen LogP contribution in [0.3, 0.4) is 0 Å². The van der Waals surface area contributed by atoms with Crippen molar-refractivity contribution in [3.8, 4) is 5.88 Å². The van der Waals surface area contributed by atoms with E-state index in [1.54, 1.807) is 18.8 Å². The standard InChI is InChI=1S/C29H30N2O3/c1-34-27-16-24(30-29(31-27)28-25(32)11-6-12-26(28)33)23-15-22-18-8-3-2-7-17(18)13-14-21(22)19-9-4-5-10-20(19)23/h2-5,7-11,15-20,26,28,32-33H,6,12-14H2,1H3. The lowest BCUT2D eigenvalue weighted by Gasteiger charge is -2.41. The summed E-state index contributed by atoms with van der Waals surface area (Å²) in [5, 5.41) is 21.2. The van der Waals surface area contributed by atoms with Crippen LogP contribution in [0, 0.1) is 23.7 Å². The molecular formula is C29H30N2O3. The molecule has 1 aromatic rings. The monoisotopic (exact) mass is 454 g/mol. The summed E-state index contributed by atoms with van der Waals surface area (Å²) in [5.41, 5.74) is 4.89. The summed E-state index contributed by atoms with van der Waals surface area (Å²) in [6, 6.07) is 1.89. The molecule has 1 heterocycles. The molecule has 0 saturated heterocycles. The highest BCUT2D eigenvalue weighted by molar-refractivity contribution is 5.74. The number of methoxy groups -OCH3 is 1. The van der Waals surface area contributed by atoms with Crippen molar-refractivity contribution < 1.29 is 14.9 Å². The van der Waals surface area contributed by atoms with Crippen molar-refractivity contribution in [2.24, 2.45) is 23.7 Å². The highest BCUT2D eigenvalue weighted by atomic mass is 16.5. The SMILES string of the molecule is COc1cc(C2=CC3=C(CCC4C=CC=CC34)C3C=CC=CC23)nc(C2C(O)=CCCC2O)n1. The Morgan fingerprint density at radius 2 is 1.71 bits per heavy atom. The molecule has 1 aromatic heterocycles. The van der Waals surface area contributed by atoms with Crippen LogP contribution in [0.5, 0.6) is 5.88 Å². The van der Waals surface area contributed by atoms with Crippen LogP contribution in [0.2, 0.25) is 0 Å². The van der Waals surface area contributed by atoms with E-state index in [-0.39, 0.29) is 11.7 Å². The van der Waals surface area contributed by atoms with E-state index in [1.165, 1.54) is 12.0 Å². The first-order valence-electron chi connectivity index (χ1n) is 12.3. The third kappa shape index (κ3) is 3.50.